The summed E-state index contributed by atoms with van der Waals surface area (Å²) in [5, 5.41) is 10.7. The van der Waals surface area contributed by atoms with Crippen LogP contribution in [-0.4, -0.2) is 108 Å². The molecule has 5 heterocycles. The quantitative estimate of drug-likeness (QED) is 0.323. The molecule has 11 nitrogen and oxygen atoms in total. The third kappa shape index (κ3) is 7.02. The van der Waals surface area contributed by atoms with Crippen molar-refractivity contribution in [2.45, 2.75) is 56.8 Å². The van der Waals surface area contributed by atoms with Gasteiger partial charge in [-0.3, -0.25) is 9.69 Å². The third-order valence-electron chi connectivity index (χ3n) is 9.48. The molecule has 2 aromatic rings. The number of ether oxygens (including phenoxy) is 1. The van der Waals surface area contributed by atoms with Gasteiger partial charge >= 0.3 is 12.1 Å². The van der Waals surface area contributed by atoms with Gasteiger partial charge in [-0.25, -0.2) is 9.59 Å². The zero-order valence-corrected chi connectivity index (χ0v) is 26.9. The minimum absolute atomic E-state index is 0.00914. The van der Waals surface area contributed by atoms with E-state index >= 15 is 0 Å². The number of halogens is 1. The maximum Gasteiger partial charge on any atom is 0.410 e. The Kier molecular flexibility index (Phi) is 9.70. The van der Waals surface area contributed by atoms with E-state index in [9.17, 15) is 14.4 Å². The molecule has 0 spiro atoms. The van der Waals surface area contributed by atoms with Crippen LogP contribution in [0.2, 0.25) is 5.02 Å². The van der Waals surface area contributed by atoms with Gasteiger partial charge < -0.3 is 35.8 Å². The number of carbonyl (C=O) groups is 3. The molecule has 1 aromatic carbocycles. The molecule has 0 saturated carbocycles. The first-order valence-electron chi connectivity index (χ1n) is 15.7. The van der Waals surface area contributed by atoms with Crippen molar-refractivity contribution in [1.82, 2.24) is 24.9 Å². The molecule has 4 aliphatic rings. The van der Waals surface area contributed by atoms with Gasteiger partial charge in [0.1, 0.15) is 0 Å². The molecule has 3 saturated heterocycles. The lowest BCUT2D eigenvalue weighted by molar-refractivity contribution is -0.143. The predicted octanol–water partition coefficient (Wildman–Crippen LogP) is 3.42. The van der Waals surface area contributed by atoms with Crippen LogP contribution in [0.1, 0.15) is 42.4 Å². The van der Waals surface area contributed by atoms with Gasteiger partial charge in [0, 0.05) is 74.3 Å². The van der Waals surface area contributed by atoms with Gasteiger partial charge in [-0.05, 0) is 61.8 Å². The lowest BCUT2D eigenvalue weighted by Gasteiger charge is -2.42. The van der Waals surface area contributed by atoms with Crippen molar-refractivity contribution in [2.24, 2.45) is 0 Å². The largest absolute Gasteiger partial charge is 0.436 e. The molecular formula is C32H40ClN7O4S. The first-order valence-corrected chi connectivity index (χ1v) is 17.0. The highest BCUT2D eigenvalue weighted by Gasteiger charge is 2.36. The molecule has 13 heteroatoms. The van der Waals surface area contributed by atoms with Gasteiger partial charge in [-0.2, -0.15) is 0 Å². The summed E-state index contributed by atoms with van der Waals surface area (Å²) in [5.41, 5.74) is 9.43. The number of rotatable bonds is 6. The second-order valence-electron chi connectivity index (χ2n) is 12.2. The van der Waals surface area contributed by atoms with Crippen molar-refractivity contribution in [1.29, 1.82) is 0 Å². The van der Waals surface area contributed by atoms with Crippen molar-refractivity contribution in [2.75, 3.05) is 63.4 Å². The molecule has 1 unspecified atom stereocenters. The van der Waals surface area contributed by atoms with Crippen LogP contribution in [0, 0.1) is 12.3 Å². The number of nitrogens with one attached hydrogen (secondary N) is 2. The molecule has 0 aliphatic carbocycles. The van der Waals surface area contributed by atoms with Crippen LogP contribution in [0.25, 0.3) is 0 Å². The van der Waals surface area contributed by atoms with Gasteiger partial charge in [-0.1, -0.05) is 17.5 Å². The van der Waals surface area contributed by atoms with E-state index in [4.69, 9.17) is 28.5 Å². The van der Waals surface area contributed by atoms with Crippen molar-refractivity contribution in [3.05, 3.63) is 44.6 Å². The summed E-state index contributed by atoms with van der Waals surface area (Å²) >= 11 is 7.93. The van der Waals surface area contributed by atoms with E-state index < -0.39 is 12.2 Å². The number of nitrogens with zero attached hydrogens (tertiary/aromatic N) is 4. The van der Waals surface area contributed by atoms with Crippen LogP contribution in [0.3, 0.4) is 0 Å². The number of hydrogen-bond donors (Lipinski definition) is 3. The molecule has 3 fully saturated rings. The molecular weight excluding hydrogens is 614 g/mol. The van der Waals surface area contributed by atoms with E-state index in [0.29, 0.717) is 73.4 Å². The first-order chi connectivity index (χ1) is 21.8. The van der Waals surface area contributed by atoms with Crippen LogP contribution in [0.15, 0.2) is 22.9 Å². The second-order valence-corrected chi connectivity index (χ2v) is 13.3. The standard InChI is InChI=1S/C32H40ClN7O4S/c1-2-22-15-21(16-26(33)29(22)34)17-28(30(41)38-13-11-37(12-14-38)24-3-7-35-8-4-24)44-32(43)39-9-5-25(6-10-39)40-18-23-19-45-20-27(23)36-31(40)42/h1,15-16,19-20,24-25,28,35H,3-14,17-18,34H2,(H,36,42). The summed E-state index contributed by atoms with van der Waals surface area (Å²) in [5.74, 6) is 2.32. The predicted molar refractivity (Wildman–Crippen MR) is 175 cm³/mol. The Morgan fingerprint density at radius 2 is 1.78 bits per heavy atom. The number of fused-ring (bicyclic) bond motifs is 1. The highest BCUT2D eigenvalue weighted by atomic mass is 35.5. The Balaban J connectivity index is 1.11. The minimum Gasteiger partial charge on any atom is -0.436 e. The number of nitrogens with two attached hydrogens (primary N) is 1. The van der Waals surface area contributed by atoms with Gasteiger partial charge in [0.15, 0.2) is 6.10 Å². The number of anilines is 2. The molecule has 1 atom stereocenters. The molecule has 6 rings (SSSR count). The number of piperidine rings is 2. The number of thiophene rings is 1. The monoisotopic (exact) mass is 653 g/mol. The van der Waals surface area contributed by atoms with Crippen molar-refractivity contribution in [3.8, 4) is 12.3 Å². The smallest absolute Gasteiger partial charge is 0.410 e. The number of carbonyl (C=O) groups excluding carboxylic acids is 3. The molecule has 45 heavy (non-hydrogen) atoms. The van der Waals surface area contributed by atoms with E-state index in [-0.39, 0.29) is 24.4 Å². The Labute approximate surface area is 273 Å². The average Bonchev–Trinajstić information content (AvgIpc) is 3.53. The second kappa shape index (κ2) is 13.9. The zero-order valence-electron chi connectivity index (χ0n) is 25.3. The van der Waals surface area contributed by atoms with E-state index in [0.717, 1.165) is 50.3 Å². The number of urea groups is 1. The Hall–Kier alpha value is -3.50. The number of piperazine rings is 1. The summed E-state index contributed by atoms with van der Waals surface area (Å²) in [6.07, 6.45) is 7.65. The topological polar surface area (TPSA) is 123 Å². The Bertz CT molecular complexity index is 1460. The van der Waals surface area contributed by atoms with Gasteiger partial charge in [0.05, 0.1) is 22.9 Å². The van der Waals surface area contributed by atoms with Crippen LogP contribution in [-0.2, 0) is 22.5 Å². The highest BCUT2D eigenvalue weighted by Crippen LogP contribution is 2.31. The number of nitrogen functional groups attached to an aromatic ring is 1. The van der Waals surface area contributed by atoms with E-state index in [1.807, 2.05) is 10.3 Å². The summed E-state index contributed by atoms with van der Waals surface area (Å²) in [6, 6.07) is 3.83. The zero-order chi connectivity index (χ0) is 31.5. The highest BCUT2D eigenvalue weighted by molar-refractivity contribution is 7.08. The molecule has 1 aromatic heterocycles. The number of terminal acetylenes is 1. The lowest BCUT2D eigenvalue weighted by Crippen LogP contribution is -2.56. The number of benzene rings is 1. The number of hydrogen-bond acceptors (Lipinski definition) is 8. The van der Waals surface area contributed by atoms with Crippen molar-refractivity contribution in [3.63, 3.8) is 0 Å². The van der Waals surface area contributed by atoms with Gasteiger partial charge in [-0.15, -0.1) is 17.8 Å². The van der Waals surface area contributed by atoms with E-state index in [1.165, 1.54) is 0 Å². The number of likely N-dealkylation sites (tertiary alicyclic amines) is 1. The summed E-state index contributed by atoms with van der Waals surface area (Å²) < 4.78 is 5.99. The molecule has 4 N–H and O–H groups in total. The average molecular weight is 654 g/mol. The molecule has 4 amide bonds. The van der Waals surface area contributed by atoms with Crippen molar-refractivity contribution < 1.29 is 19.1 Å². The molecule has 4 aliphatic heterocycles. The van der Waals surface area contributed by atoms with Crippen LogP contribution in [0.5, 0.6) is 0 Å². The third-order valence-corrected chi connectivity index (χ3v) is 10.6. The molecule has 0 bridgehead atoms. The normalized spacial score (nSPS) is 20.7. The van der Waals surface area contributed by atoms with E-state index in [1.54, 1.807) is 33.3 Å². The Morgan fingerprint density at radius 1 is 1.04 bits per heavy atom. The fraction of sp³-hybridized carbons (Fsp3) is 0.531. The van der Waals surface area contributed by atoms with Crippen LogP contribution >= 0.6 is 22.9 Å². The maximum atomic E-state index is 13.9. The minimum atomic E-state index is -1.05. The Morgan fingerprint density at radius 3 is 2.49 bits per heavy atom. The van der Waals surface area contributed by atoms with Gasteiger partial charge in [0.2, 0.25) is 0 Å². The van der Waals surface area contributed by atoms with Gasteiger partial charge in [0.25, 0.3) is 5.91 Å². The lowest BCUT2D eigenvalue weighted by atomic mass is 10.0. The fourth-order valence-electron chi connectivity index (χ4n) is 6.84. The van der Waals surface area contributed by atoms with Crippen molar-refractivity contribution >= 4 is 52.3 Å². The maximum absolute atomic E-state index is 13.9. The number of amides is 4. The summed E-state index contributed by atoms with van der Waals surface area (Å²) in [6.45, 7) is 6.17. The van der Waals surface area contributed by atoms with Crippen LogP contribution in [0.4, 0.5) is 21.0 Å². The molecule has 0 radical (unpaired) electrons. The summed E-state index contributed by atoms with van der Waals surface area (Å²) in [7, 11) is 0. The first kappa shape index (κ1) is 31.5. The van der Waals surface area contributed by atoms with E-state index in [2.05, 4.69) is 26.8 Å². The van der Waals surface area contributed by atoms with Crippen LogP contribution < -0.4 is 16.4 Å². The molecule has 240 valence electrons. The SMILES string of the molecule is C#Cc1cc(CC(OC(=O)N2CCC(N3Cc4cscc4NC3=O)CC2)C(=O)N2CCN(C3CCNCC3)CC2)cc(Cl)c1N. The fourth-order valence-corrected chi connectivity index (χ4v) is 7.86. The summed E-state index contributed by atoms with van der Waals surface area (Å²) in [4.78, 5) is 48.0.